The molecule has 3 fully saturated rings. The fourth-order valence-corrected chi connectivity index (χ4v) is 9.15. The number of carbonyl (C=O) groups is 1. The smallest absolute Gasteiger partial charge is 0.311 e. The quantitative estimate of drug-likeness (QED) is 0.118. The summed E-state index contributed by atoms with van der Waals surface area (Å²) in [6.07, 6.45) is -6.92. The molecule has 0 amide bonds. The number of cyclic esters (lactones) is 1. The van der Waals surface area contributed by atoms with E-state index in [1.807, 2.05) is 46.7 Å². The maximum atomic E-state index is 14.2. The van der Waals surface area contributed by atoms with Crippen LogP contribution in [0.5, 0.6) is 0 Å². The molecule has 15 heteroatoms. The molecule has 0 spiro atoms. The van der Waals surface area contributed by atoms with Gasteiger partial charge < -0.3 is 69.5 Å². The summed E-state index contributed by atoms with van der Waals surface area (Å²) in [7, 11) is 5.29. The SMILES string of the molecule is CCCNC[C@]1(O)[C@H](C)O[C@@H](O[C@H]2[C@H](C)[C@@H](O[C@@H]3O[C@H](C)C[C@@H](N(C)C)[C@H]3O)[C@](C)(O)CC(C)NC(C)[C@@H](O)[C@](C)(O)[C@@H](CC)OC(=O)[C@@H]2C)C[C@@]1(C)OC. The predicted octanol–water partition coefficient (Wildman–Crippen LogP) is 1.68. The van der Waals surface area contributed by atoms with Gasteiger partial charge in [-0.3, -0.25) is 4.79 Å². The Hall–Kier alpha value is -1.05. The Kier molecular flexibility index (Phi) is 17.0. The summed E-state index contributed by atoms with van der Waals surface area (Å²) in [5, 5.41) is 65.7. The number of aliphatic hydroxyl groups excluding tert-OH is 2. The minimum absolute atomic E-state index is 0.0921. The Morgan fingerprint density at radius 2 is 1.60 bits per heavy atom. The van der Waals surface area contributed by atoms with Gasteiger partial charge in [0, 0.05) is 44.1 Å². The van der Waals surface area contributed by atoms with Crippen LogP contribution in [0.15, 0.2) is 0 Å². The first kappa shape index (κ1) is 48.3. The van der Waals surface area contributed by atoms with Crippen LogP contribution in [0, 0.1) is 11.8 Å². The first-order valence-electron chi connectivity index (χ1n) is 20.4. The first-order chi connectivity index (χ1) is 25.4. The lowest BCUT2D eigenvalue weighted by molar-refractivity contribution is -0.336. The number of ether oxygens (including phenoxy) is 6. The lowest BCUT2D eigenvalue weighted by Gasteiger charge is -2.53. The van der Waals surface area contributed by atoms with Crippen molar-refractivity contribution in [1.29, 1.82) is 0 Å². The van der Waals surface area contributed by atoms with Gasteiger partial charge in [-0.2, -0.15) is 0 Å². The average molecular weight is 792 g/mol. The standard InChI is InChI=1S/C40H77N3O12/c1-15-17-41-21-40(49)27(8)52-30(20-38(40,10)50-14)54-32-24(5)34(55-36-31(44)28(43(12)13)18-23(4)51-36)37(9,47)19-22(3)42-26(7)33(45)39(11,48)29(16-2)53-35(46)25(32)6/h22-34,36,41-42,44-45,47-49H,15-21H2,1-14H3/t22?,23-,24+,25-,26?,27+,28-,29-,30+,31-,32+,33-,34-,36+,37-,38-,39-,40+/m1/s1. The molecule has 7 N–H and O–H groups in total. The van der Waals surface area contributed by atoms with Gasteiger partial charge >= 0.3 is 5.97 Å². The van der Waals surface area contributed by atoms with Crippen LogP contribution in [-0.2, 0) is 33.2 Å². The number of esters is 1. The van der Waals surface area contributed by atoms with Crippen LogP contribution in [0.1, 0.15) is 108 Å². The van der Waals surface area contributed by atoms with Gasteiger partial charge in [-0.25, -0.2) is 0 Å². The topological polar surface area (TPSA) is 201 Å². The highest BCUT2D eigenvalue weighted by atomic mass is 16.7. The van der Waals surface area contributed by atoms with E-state index in [4.69, 9.17) is 28.4 Å². The van der Waals surface area contributed by atoms with Crippen molar-refractivity contribution in [3.05, 3.63) is 0 Å². The zero-order valence-electron chi connectivity index (χ0n) is 36.1. The maximum absolute atomic E-state index is 14.2. The van der Waals surface area contributed by atoms with E-state index >= 15 is 0 Å². The molecular weight excluding hydrogens is 714 g/mol. The molecule has 0 aliphatic carbocycles. The van der Waals surface area contributed by atoms with E-state index in [0.717, 1.165) is 6.42 Å². The van der Waals surface area contributed by atoms with Crippen LogP contribution in [0.4, 0.5) is 0 Å². The number of carbonyl (C=O) groups excluding carboxylic acids is 1. The number of hydrogen-bond acceptors (Lipinski definition) is 15. The zero-order chi connectivity index (χ0) is 41.8. The molecule has 0 aromatic carbocycles. The summed E-state index contributed by atoms with van der Waals surface area (Å²) in [6, 6.07) is -1.36. The van der Waals surface area contributed by atoms with Gasteiger partial charge in [0.05, 0.1) is 35.9 Å². The van der Waals surface area contributed by atoms with Gasteiger partial charge in [0.2, 0.25) is 0 Å². The monoisotopic (exact) mass is 792 g/mol. The number of methoxy groups -OCH3 is 1. The van der Waals surface area contributed by atoms with Gasteiger partial charge in [-0.15, -0.1) is 0 Å². The van der Waals surface area contributed by atoms with E-state index in [-0.39, 0.29) is 38.0 Å². The molecule has 3 heterocycles. The third-order valence-corrected chi connectivity index (χ3v) is 12.7. The molecule has 3 saturated heterocycles. The Morgan fingerprint density at radius 1 is 0.964 bits per heavy atom. The number of likely N-dealkylation sites (N-methyl/N-ethyl adjacent to an activating group) is 1. The van der Waals surface area contributed by atoms with Gasteiger partial charge in [0.15, 0.2) is 12.6 Å². The second-order valence-corrected chi connectivity index (χ2v) is 17.7. The largest absolute Gasteiger partial charge is 0.459 e. The molecule has 3 rings (SSSR count). The third-order valence-electron chi connectivity index (χ3n) is 12.7. The molecule has 15 nitrogen and oxygen atoms in total. The summed E-state index contributed by atoms with van der Waals surface area (Å²) in [5.41, 5.74) is -6.03. The van der Waals surface area contributed by atoms with Crippen molar-refractivity contribution >= 4 is 5.97 Å². The molecule has 0 bridgehead atoms. The minimum Gasteiger partial charge on any atom is -0.459 e. The Morgan fingerprint density at radius 3 is 2.16 bits per heavy atom. The van der Waals surface area contributed by atoms with Gasteiger partial charge in [0.1, 0.15) is 35.1 Å². The van der Waals surface area contributed by atoms with E-state index < -0.39 is 101 Å². The number of aliphatic hydroxyl groups is 5. The van der Waals surface area contributed by atoms with E-state index in [2.05, 4.69) is 10.6 Å². The van der Waals surface area contributed by atoms with Gasteiger partial charge in [0.25, 0.3) is 0 Å². The lowest BCUT2D eigenvalue weighted by atomic mass is 9.75. The van der Waals surface area contributed by atoms with E-state index in [9.17, 15) is 30.3 Å². The van der Waals surface area contributed by atoms with Crippen molar-refractivity contribution in [2.45, 2.75) is 204 Å². The molecule has 0 aromatic rings. The normalized spacial score (nSPS) is 48.3. The molecular formula is C40H77N3O12. The molecule has 3 aliphatic heterocycles. The van der Waals surface area contributed by atoms with Crippen molar-refractivity contribution in [2.24, 2.45) is 11.8 Å². The van der Waals surface area contributed by atoms with Crippen molar-refractivity contribution in [3.8, 4) is 0 Å². The van der Waals surface area contributed by atoms with E-state index in [1.165, 1.54) is 14.0 Å². The second-order valence-electron chi connectivity index (χ2n) is 17.7. The van der Waals surface area contributed by atoms with Crippen LogP contribution in [0.25, 0.3) is 0 Å². The zero-order valence-corrected chi connectivity index (χ0v) is 36.1. The highest BCUT2D eigenvalue weighted by molar-refractivity contribution is 5.73. The molecule has 55 heavy (non-hydrogen) atoms. The lowest BCUT2D eigenvalue weighted by Crippen LogP contribution is -2.70. The van der Waals surface area contributed by atoms with Gasteiger partial charge in [-0.05, 0) is 102 Å². The van der Waals surface area contributed by atoms with Crippen molar-refractivity contribution in [3.63, 3.8) is 0 Å². The number of nitrogens with one attached hydrogen (secondary N) is 2. The van der Waals surface area contributed by atoms with Crippen molar-refractivity contribution in [1.82, 2.24) is 15.5 Å². The fourth-order valence-electron chi connectivity index (χ4n) is 9.15. The Balaban J connectivity index is 2.15. The third kappa shape index (κ3) is 10.8. The average Bonchev–Trinajstić information content (AvgIpc) is 3.10. The highest BCUT2D eigenvalue weighted by Gasteiger charge is 2.58. The molecule has 2 unspecified atom stereocenters. The second kappa shape index (κ2) is 19.3. The number of nitrogens with zero attached hydrogens (tertiary/aromatic N) is 1. The Bertz CT molecular complexity index is 1210. The number of hydrogen-bond donors (Lipinski definition) is 7. The van der Waals surface area contributed by atoms with Crippen LogP contribution < -0.4 is 10.6 Å². The minimum atomic E-state index is -1.83. The Labute approximate surface area is 330 Å². The summed E-state index contributed by atoms with van der Waals surface area (Å²) in [5.74, 6) is -2.50. The molecule has 0 radical (unpaired) electrons. The summed E-state index contributed by atoms with van der Waals surface area (Å²) >= 11 is 0. The first-order valence-corrected chi connectivity index (χ1v) is 20.4. The van der Waals surface area contributed by atoms with Crippen molar-refractivity contribution < 1.29 is 58.7 Å². The van der Waals surface area contributed by atoms with Crippen LogP contribution in [-0.4, -0.2) is 167 Å². The highest BCUT2D eigenvalue weighted by Crippen LogP contribution is 2.43. The molecule has 324 valence electrons. The molecule has 18 atom stereocenters. The van der Waals surface area contributed by atoms with Crippen LogP contribution in [0.3, 0.4) is 0 Å². The van der Waals surface area contributed by atoms with Crippen LogP contribution in [0.2, 0.25) is 0 Å². The molecule has 0 aromatic heterocycles. The fraction of sp³-hybridized carbons (Fsp3) is 0.975. The molecule has 0 saturated carbocycles. The summed E-state index contributed by atoms with van der Waals surface area (Å²) < 4.78 is 38.2. The predicted molar refractivity (Wildman–Crippen MR) is 207 cm³/mol. The maximum Gasteiger partial charge on any atom is 0.311 e. The van der Waals surface area contributed by atoms with E-state index in [1.54, 1.807) is 41.5 Å². The van der Waals surface area contributed by atoms with Crippen molar-refractivity contribution in [2.75, 3.05) is 34.3 Å². The van der Waals surface area contributed by atoms with E-state index in [0.29, 0.717) is 13.0 Å². The summed E-state index contributed by atoms with van der Waals surface area (Å²) in [4.78, 5) is 16.2. The van der Waals surface area contributed by atoms with Gasteiger partial charge in [-0.1, -0.05) is 20.8 Å². The number of rotatable bonds is 11. The summed E-state index contributed by atoms with van der Waals surface area (Å²) in [6.45, 7) is 20.3. The molecule has 3 aliphatic rings. The van der Waals surface area contributed by atoms with Crippen LogP contribution >= 0.6 is 0 Å².